The van der Waals surface area contributed by atoms with E-state index in [1.54, 1.807) is 23.6 Å². The third-order valence-corrected chi connectivity index (χ3v) is 5.01. The van der Waals surface area contributed by atoms with Gasteiger partial charge in [0.25, 0.3) is 5.56 Å². The quantitative estimate of drug-likeness (QED) is 0.801. The summed E-state index contributed by atoms with van der Waals surface area (Å²) in [5.41, 5.74) is 1.60. The maximum atomic E-state index is 12.1. The van der Waals surface area contributed by atoms with E-state index in [4.69, 9.17) is 0 Å². The number of nitrogens with zero attached hydrogens (tertiary/aromatic N) is 4. The molecule has 3 aromatic heterocycles. The number of nitrogens with one attached hydrogen (secondary N) is 1. The zero-order chi connectivity index (χ0) is 14.9. The summed E-state index contributed by atoms with van der Waals surface area (Å²) in [5, 5.41) is 6.07. The number of aromatic nitrogens is 4. The SMILES string of the molecule is O=c1cc(C2CCN(Cc3nccs3)CC2)nc2cc[nH]n12. The number of piperidine rings is 1. The number of aromatic amines is 1. The summed E-state index contributed by atoms with van der Waals surface area (Å²) in [6.45, 7) is 2.98. The lowest BCUT2D eigenvalue weighted by atomic mass is 9.93. The van der Waals surface area contributed by atoms with Gasteiger partial charge in [-0.3, -0.25) is 14.8 Å². The van der Waals surface area contributed by atoms with Gasteiger partial charge in [-0.05, 0) is 25.9 Å². The zero-order valence-electron chi connectivity index (χ0n) is 12.1. The number of likely N-dealkylation sites (tertiary alicyclic amines) is 1. The van der Waals surface area contributed by atoms with Gasteiger partial charge in [-0.1, -0.05) is 0 Å². The Morgan fingerprint density at radius 2 is 2.23 bits per heavy atom. The Balaban J connectivity index is 1.47. The van der Waals surface area contributed by atoms with Crippen LogP contribution < -0.4 is 5.56 Å². The van der Waals surface area contributed by atoms with Crippen LogP contribution in [0.3, 0.4) is 0 Å². The van der Waals surface area contributed by atoms with Gasteiger partial charge in [-0.15, -0.1) is 11.3 Å². The molecule has 0 saturated carbocycles. The second-order valence-corrected chi connectivity index (χ2v) is 6.63. The second-order valence-electron chi connectivity index (χ2n) is 5.65. The van der Waals surface area contributed by atoms with Crippen LogP contribution >= 0.6 is 11.3 Å². The van der Waals surface area contributed by atoms with Gasteiger partial charge in [0.15, 0.2) is 5.65 Å². The first kappa shape index (κ1) is 13.7. The van der Waals surface area contributed by atoms with Gasteiger partial charge in [0.2, 0.25) is 0 Å². The van der Waals surface area contributed by atoms with Gasteiger partial charge in [0.1, 0.15) is 5.01 Å². The van der Waals surface area contributed by atoms with Crippen molar-refractivity contribution in [2.45, 2.75) is 25.3 Å². The van der Waals surface area contributed by atoms with Crippen LogP contribution in [-0.2, 0) is 6.54 Å². The second kappa shape index (κ2) is 5.66. The minimum absolute atomic E-state index is 0.0322. The van der Waals surface area contributed by atoms with Gasteiger partial charge >= 0.3 is 0 Å². The van der Waals surface area contributed by atoms with Crippen molar-refractivity contribution in [3.63, 3.8) is 0 Å². The van der Waals surface area contributed by atoms with E-state index in [1.165, 1.54) is 9.52 Å². The van der Waals surface area contributed by atoms with E-state index >= 15 is 0 Å². The highest BCUT2D eigenvalue weighted by Crippen LogP contribution is 2.27. The van der Waals surface area contributed by atoms with Crippen LogP contribution in [0.2, 0.25) is 0 Å². The van der Waals surface area contributed by atoms with Crippen LogP contribution in [0.25, 0.3) is 5.65 Å². The van der Waals surface area contributed by atoms with Crippen LogP contribution in [0.15, 0.2) is 34.7 Å². The number of rotatable bonds is 3. The molecule has 1 aliphatic rings. The molecule has 0 radical (unpaired) electrons. The first-order valence-electron chi connectivity index (χ1n) is 7.47. The van der Waals surface area contributed by atoms with Gasteiger partial charge < -0.3 is 0 Å². The molecular formula is C15H17N5OS. The van der Waals surface area contributed by atoms with Gasteiger partial charge in [-0.2, -0.15) is 0 Å². The Labute approximate surface area is 131 Å². The van der Waals surface area contributed by atoms with E-state index in [2.05, 4.69) is 20.0 Å². The topological polar surface area (TPSA) is 66.3 Å². The molecule has 0 spiro atoms. The highest BCUT2D eigenvalue weighted by Gasteiger charge is 2.23. The Morgan fingerprint density at radius 1 is 1.36 bits per heavy atom. The van der Waals surface area contributed by atoms with Gasteiger partial charge in [0, 0.05) is 35.8 Å². The Bertz CT molecular complexity index is 814. The van der Waals surface area contributed by atoms with E-state index in [-0.39, 0.29) is 5.56 Å². The summed E-state index contributed by atoms with van der Waals surface area (Å²) in [6.07, 6.45) is 5.68. The normalized spacial score (nSPS) is 17.3. The van der Waals surface area contributed by atoms with Crippen molar-refractivity contribution in [2.24, 2.45) is 0 Å². The molecule has 0 unspecified atom stereocenters. The van der Waals surface area contributed by atoms with E-state index in [9.17, 15) is 4.79 Å². The van der Waals surface area contributed by atoms with Crippen LogP contribution in [-0.4, -0.2) is 37.6 Å². The standard InChI is InChI=1S/C15H17N5OS/c21-15-9-12(18-13-1-4-17-20(13)15)11-2-6-19(7-3-11)10-14-16-5-8-22-14/h1,4-5,8-9,11,17H,2-3,6-7,10H2. The highest BCUT2D eigenvalue weighted by atomic mass is 32.1. The van der Waals surface area contributed by atoms with Crippen molar-refractivity contribution < 1.29 is 0 Å². The predicted molar refractivity (Wildman–Crippen MR) is 85.2 cm³/mol. The lowest BCUT2D eigenvalue weighted by Gasteiger charge is -2.30. The van der Waals surface area contributed by atoms with Gasteiger partial charge in [0.05, 0.1) is 12.2 Å². The molecular weight excluding hydrogens is 298 g/mol. The number of fused-ring (bicyclic) bond motifs is 1. The maximum Gasteiger partial charge on any atom is 0.272 e. The summed E-state index contributed by atoms with van der Waals surface area (Å²) >= 11 is 1.71. The molecule has 4 rings (SSSR count). The first-order valence-corrected chi connectivity index (χ1v) is 8.35. The molecule has 22 heavy (non-hydrogen) atoms. The van der Waals surface area contributed by atoms with Crippen LogP contribution in [0.5, 0.6) is 0 Å². The van der Waals surface area contributed by atoms with Crippen molar-refractivity contribution in [3.8, 4) is 0 Å². The maximum absolute atomic E-state index is 12.1. The van der Waals surface area contributed by atoms with Crippen molar-refractivity contribution in [3.05, 3.63) is 51.0 Å². The predicted octanol–water partition coefficient (Wildman–Crippen LogP) is 1.86. The lowest BCUT2D eigenvalue weighted by molar-refractivity contribution is 0.203. The molecule has 1 N–H and O–H groups in total. The molecule has 4 heterocycles. The van der Waals surface area contributed by atoms with Gasteiger partial charge in [-0.25, -0.2) is 14.5 Å². The number of H-pyrrole nitrogens is 1. The summed E-state index contributed by atoms with van der Waals surface area (Å²) in [6, 6.07) is 3.51. The Morgan fingerprint density at radius 3 is 3.00 bits per heavy atom. The molecule has 0 bridgehead atoms. The number of hydrogen-bond donors (Lipinski definition) is 1. The summed E-state index contributed by atoms with van der Waals surface area (Å²) in [5.74, 6) is 0.375. The molecule has 7 heteroatoms. The Kier molecular flexibility index (Phi) is 3.51. The molecule has 0 amide bonds. The average Bonchev–Trinajstić information content (AvgIpc) is 3.19. The molecule has 6 nitrogen and oxygen atoms in total. The molecule has 3 aromatic rings. The van der Waals surface area contributed by atoms with Crippen molar-refractivity contribution in [1.29, 1.82) is 0 Å². The average molecular weight is 315 g/mol. The number of hydrogen-bond acceptors (Lipinski definition) is 5. The molecule has 0 aliphatic carbocycles. The van der Waals surface area contributed by atoms with Crippen molar-refractivity contribution in [2.75, 3.05) is 13.1 Å². The third-order valence-electron chi connectivity index (χ3n) is 4.25. The van der Waals surface area contributed by atoms with E-state index in [0.29, 0.717) is 11.6 Å². The largest absolute Gasteiger partial charge is 0.297 e. The minimum atomic E-state index is -0.0322. The number of thiazole rings is 1. The van der Waals surface area contributed by atoms with E-state index in [1.807, 2.05) is 17.6 Å². The molecule has 1 saturated heterocycles. The highest BCUT2D eigenvalue weighted by molar-refractivity contribution is 7.09. The Hall–Kier alpha value is -1.99. The summed E-state index contributed by atoms with van der Waals surface area (Å²) in [4.78, 5) is 23.4. The van der Waals surface area contributed by atoms with Crippen LogP contribution in [0, 0.1) is 0 Å². The van der Waals surface area contributed by atoms with Crippen LogP contribution in [0.1, 0.15) is 29.5 Å². The van der Waals surface area contributed by atoms with Crippen LogP contribution in [0.4, 0.5) is 0 Å². The van der Waals surface area contributed by atoms with E-state index in [0.717, 1.165) is 38.2 Å². The molecule has 1 fully saturated rings. The lowest BCUT2D eigenvalue weighted by Crippen LogP contribution is -2.33. The third kappa shape index (κ3) is 2.57. The molecule has 1 aliphatic heterocycles. The molecule has 0 aromatic carbocycles. The molecule has 114 valence electrons. The fourth-order valence-corrected chi connectivity index (χ4v) is 3.72. The zero-order valence-corrected chi connectivity index (χ0v) is 12.9. The van der Waals surface area contributed by atoms with E-state index < -0.39 is 0 Å². The van der Waals surface area contributed by atoms with Crippen molar-refractivity contribution in [1.82, 2.24) is 24.5 Å². The fourth-order valence-electron chi connectivity index (χ4n) is 3.06. The first-order chi connectivity index (χ1) is 10.8. The monoisotopic (exact) mass is 315 g/mol. The smallest absolute Gasteiger partial charge is 0.272 e. The summed E-state index contributed by atoms with van der Waals surface area (Å²) < 4.78 is 1.47. The fraction of sp³-hybridized carbons (Fsp3) is 0.400. The molecule has 0 atom stereocenters. The minimum Gasteiger partial charge on any atom is -0.297 e. The van der Waals surface area contributed by atoms with Crippen molar-refractivity contribution >= 4 is 17.0 Å². The summed E-state index contributed by atoms with van der Waals surface area (Å²) in [7, 11) is 0.